The number of hydrogen-bond acceptors (Lipinski definition) is 3. The van der Waals surface area contributed by atoms with Gasteiger partial charge >= 0.3 is 0 Å². The first-order chi connectivity index (χ1) is 9.45. The lowest BCUT2D eigenvalue weighted by atomic mass is 10.1. The number of methoxy groups -OCH3 is 1. The SMILES string of the molecule is COc1ccccc1CN(CCC(N)=S)C(=O)C(C)C. The van der Waals surface area contributed by atoms with Crippen molar-refractivity contribution in [2.24, 2.45) is 11.7 Å². The van der Waals surface area contributed by atoms with E-state index < -0.39 is 0 Å². The Balaban J connectivity index is 2.87. The van der Waals surface area contributed by atoms with Crippen molar-refractivity contribution in [3.8, 4) is 5.75 Å². The van der Waals surface area contributed by atoms with E-state index in [2.05, 4.69) is 0 Å². The molecule has 2 N–H and O–H groups in total. The Bertz CT molecular complexity index is 475. The number of benzene rings is 1. The topological polar surface area (TPSA) is 55.6 Å². The molecule has 0 saturated carbocycles. The number of ether oxygens (including phenoxy) is 1. The standard InChI is InChI=1S/C15H22N2O2S/c1-11(2)15(18)17(9-8-14(16)20)10-12-6-4-5-7-13(12)19-3/h4-7,11H,8-10H2,1-3H3,(H2,16,20). The molecule has 0 saturated heterocycles. The van der Waals surface area contributed by atoms with Crippen LogP contribution in [0.1, 0.15) is 25.8 Å². The third-order valence-corrected chi connectivity index (χ3v) is 3.19. The van der Waals surface area contributed by atoms with Crippen LogP contribution in [0, 0.1) is 5.92 Å². The van der Waals surface area contributed by atoms with Gasteiger partial charge in [0.25, 0.3) is 0 Å². The summed E-state index contributed by atoms with van der Waals surface area (Å²) in [7, 11) is 1.63. The Labute approximate surface area is 125 Å². The summed E-state index contributed by atoms with van der Waals surface area (Å²) in [6.07, 6.45) is 0.531. The molecule has 5 heteroatoms. The molecule has 0 fully saturated rings. The van der Waals surface area contributed by atoms with Crippen LogP contribution >= 0.6 is 12.2 Å². The molecule has 1 rings (SSSR count). The van der Waals surface area contributed by atoms with Crippen molar-refractivity contribution in [2.45, 2.75) is 26.8 Å². The van der Waals surface area contributed by atoms with Crippen molar-refractivity contribution >= 4 is 23.1 Å². The summed E-state index contributed by atoms with van der Waals surface area (Å²) in [6.45, 7) is 4.81. The van der Waals surface area contributed by atoms with E-state index in [1.165, 1.54) is 0 Å². The molecule has 1 aromatic carbocycles. The van der Waals surface area contributed by atoms with E-state index in [0.717, 1.165) is 11.3 Å². The van der Waals surface area contributed by atoms with Gasteiger partial charge in [0.1, 0.15) is 5.75 Å². The number of carbonyl (C=O) groups is 1. The molecule has 1 aromatic rings. The number of para-hydroxylation sites is 1. The minimum atomic E-state index is -0.0592. The van der Waals surface area contributed by atoms with Crippen molar-refractivity contribution in [1.82, 2.24) is 4.90 Å². The van der Waals surface area contributed by atoms with Crippen molar-refractivity contribution in [2.75, 3.05) is 13.7 Å². The van der Waals surface area contributed by atoms with E-state index in [0.29, 0.717) is 24.5 Å². The summed E-state index contributed by atoms with van der Waals surface area (Å²) >= 11 is 4.89. The molecule has 1 amide bonds. The highest BCUT2D eigenvalue weighted by atomic mass is 32.1. The van der Waals surface area contributed by atoms with Gasteiger partial charge in [-0.25, -0.2) is 0 Å². The normalized spacial score (nSPS) is 10.4. The average molecular weight is 294 g/mol. The van der Waals surface area contributed by atoms with Crippen LogP contribution in [0.2, 0.25) is 0 Å². The van der Waals surface area contributed by atoms with Gasteiger partial charge < -0.3 is 15.4 Å². The van der Waals surface area contributed by atoms with E-state index >= 15 is 0 Å². The van der Waals surface area contributed by atoms with E-state index in [1.54, 1.807) is 12.0 Å². The largest absolute Gasteiger partial charge is 0.496 e. The van der Waals surface area contributed by atoms with Gasteiger partial charge in [0.15, 0.2) is 0 Å². The number of thiocarbonyl (C=S) groups is 1. The van der Waals surface area contributed by atoms with E-state index in [1.807, 2.05) is 38.1 Å². The maximum absolute atomic E-state index is 12.3. The van der Waals surface area contributed by atoms with Gasteiger partial charge in [0, 0.05) is 31.0 Å². The number of hydrogen-bond donors (Lipinski definition) is 1. The molecule has 0 spiro atoms. The molecule has 4 nitrogen and oxygen atoms in total. The summed E-state index contributed by atoms with van der Waals surface area (Å²) in [5, 5.41) is 0. The molecule has 20 heavy (non-hydrogen) atoms. The van der Waals surface area contributed by atoms with Crippen LogP contribution in [-0.2, 0) is 11.3 Å². The number of nitrogens with two attached hydrogens (primary N) is 1. The molecular weight excluding hydrogens is 272 g/mol. The number of nitrogens with zero attached hydrogens (tertiary/aromatic N) is 1. The minimum absolute atomic E-state index is 0.0592. The molecule has 0 unspecified atom stereocenters. The quantitative estimate of drug-likeness (QED) is 0.784. The molecule has 110 valence electrons. The summed E-state index contributed by atoms with van der Waals surface area (Å²) < 4.78 is 5.32. The maximum Gasteiger partial charge on any atom is 0.225 e. The maximum atomic E-state index is 12.3. The summed E-state index contributed by atoms with van der Waals surface area (Å²) in [6, 6.07) is 7.69. The lowest BCUT2D eigenvalue weighted by Gasteiger charge is -2.25. The predicted molar refractivity (Wildman–Crippen MR) is 84.7 cm³/mol. The molecule has 0 bridgehead atoms. The molecule has 0 radical (unpaired) electrons. The first kappa shape index (κ1) is 16.4. The van der Waals surface area contributed by atoms with Crippen molar-refractivity contribution in [3.05, 3.63) is 29.8 Å². The van der Waals surface area contributed by atoms with Crippen LogP contribution in [0.3, 0.4) is 0 Å². The van der Waals surface area contributed by atoms with Gasteiger partial charge in [-0.3, -0.25) is 4.79 Å². The summed E-state index contributed by atoms with van der Waals surface area (Å²) in [5.74, 6) is 0.813. The van der Waals surface area contributed by atoms with Crippen LogP contribution in [0.15, 0.2) is 24.3 Å². The monoisotopic (exact) mass is 294 g/mol. The minimum Gasteiger partial charge on any atom is -0.496 e. The summed E-state index contributed by atoms with van der Waals surface area (Å²) in [4.78, 5) is 14.5. The zero-order chi connectivity index (χ0) is 15.1. The van der Waals surface area contributed by atoms with Gasteiger partial charge in [-0.05, 0) is 6.07 Å². The number of carbonyl (C=O) groups excluding carboxylic acids is 1. The van der Waals surface area contributed by atoms with Gasteiger partial charge in [0.2, 0.25) is 5.91 Å². The average Bonchev–Trinajstić information content (AvgIpc) is 2.42. The van der Waals surface area contributed by atoms with Crippen LogP contribution in [0.4, 0.5) is 0 Å². The van der Waals surface area contributed by atoms with Crippen molar-refractivity contribution < 1.29 is 9.53 Å². The first-order valence-corrected chi connectivity index (χ1v) is 7.05. The second-order valence-electron chi connectivity index (χ2n) is 4.94. The Morgan fingerprint density at radius 1 is 1.40 bits per heavy atom. The van der Waals surface area contributed by atoms with Crippen LogP contribution in [0.5, 0.6) is 5.75 Å². The highest BCUT2D eigenvalue weighted by molar-refractivity contribution is 7.80. The highest BCUT2D eigenvalue weighted by Gasteiger charge is 2.18. The predicted octanol–water partition coefficient (Wildman–Crippen LogP) is 2.36. The van der Waals surface area contributed by atoms with Crippen molar-refractivity contribution in [3.63, 3.8) is 0 Å². The van der Waals surface area contributed by atoms with E-state index in [9.17, 15) is 4.79 Å². The Morgan fingerprint density at radius 3 is 2.60 bits per heavy atom. The number of amides is 1. The third kappa shape index (κ3) is 4.81. The summed E-state index contributed by atoms with van der Waals surface area (Å²) in [5.41, 5.74) is 6.51. The molecule has 0 aliphatic carbocycles. The van der Waals surface area contributed by atoms with E-state index in [-0.39, 0.29) is 11.8 Å². The Hall–Kier alpha value is -1.62. The molecule has 0 aliphatic heterocycles. The fourth-order valence-corrected chi connectivity index (χ4v) is 2.01. The van der Waals surface area contributed by atoms with Crippen molar-refractivity contribution in [1.29, 1.82) is 0 Å². The van der Waals surface area contributed by atoms with Gasteiger partial charge in [-0.15, -0.1) is 0 Å². The van der Waals surface area contributed by atoms with Crippen LogP contribution < -0.4 is 10.5 Å². The molecule has 0 atom stereocenters. The number of rotatable bonds is 7. The van der Waals surface area contributed by atoms with Gasteiger partial charge in [0.05, 0.1) is 12.1 Å². The Morgan fingerprint density at radius 2 is 2.05 bits per heavy atom. The van der Waals surface area contributed by atoms with Gasteiger partial charge in [-0.1, -0.05) is 44.3 Å². The van der Waals surface area contributed by atoms with E-state index in [4.69, 9.17) is 22.7 Å². The fraction of sp³-hybridized carbons (Fsp3) is 0.467. The second-order valence-corrected chi connectivity index (χ2v) is 5.47. The zero-order valence-electron chi connectivity index (χ0n) is 12.3. The molecular formula is C15H22N2O2S. The fourth-order valence-electron chi connectivity index (χ4n) is 1.92. The first-order valence-electron chi connectivity index (χ1n) is 6.64. The molecule has 0 aliphatic rings. The van der Waals surface area contributed by atoms with Crippen LogP contribution in [0.25, 0.3) is 0 Å². The lowest BCUT2D eigenvalue weighted by Crippen LogP contribution is -2.36. The highest BCUT2D eigenvalue weighted by Crippen LogP contribution is 2.20. The molecule has 0 heterocycles. The zero-order valence-corrected chi connectivity index (χ0v) is 13.1. The van der Waals surface area contributed by atoms with Gasteiger partial charge in [-0.2, -0.15) is 0 Å². The lowest BCUT2D eigenvalue weighted by molar-refractivity contribution is -0.135. The van der Waals surface area contributed by atoms with Crippen LogP contribution in [-0.4, -0.2) is 29.5 Å². The third-order valence-electron chi connectivity index (χ3n) is 2.99. The Kier molecular flexibility index (Phi) is 6.45. The second kappa shape index (κ2) is 7.85. The smallest absolute Gasteiger partial charge is 0.225 e. The molecule has 0 aromatic heterocycles.